The molecule has 3 rings (SSSR count). The van der Waals surface area contributed by atoms with E-state index in [-0.39, 0.29) is 23.4 Å². The Morgan fingerprint density at radius 2 is 2.20 bits per heavy atom. The number of likely N-dealkylation sites (tertiary alicyclic amines) is 1. The van der Waals surface area contributed by atoms with E-state index in [1.165, 1.54) is 5.56 Å². The van der Waals surface area contributed by atoms with Gasteiger partial charge in [-0.1, -0.05) is 30.3 Å². The highest BCUT2D eigenvalue weighted by molar-refractivity contribution is 7.99. The van der Waals surface area contributed by atoms with Crippen LogP contribution in [0, 0.1) is 11.3 Å². The molecule has 1 aromatic rings. The van der Waals surface area contributed by atoms with E-state index in [0.29, 0.717) is 0 Å². The predicted octanol–water partition coefficient (Wildman–Crippen LogP) is 1.90. The van der Waals surface area contributed by atoms with Gasteiger partial charge in [0, 0.05) is 12.3 Å². The SMILES string of the molecule is N#C[C@@H]1CCCN1C(=O)[C@@H]1CSC(c2ccccc2)N1. The lowest BCUT2D eigenvalue weighted by molar-refractivity contribution is -0.132. The van der Waals surface area contributed by atoms with Crippen molar-refractivity contribution >= 4 is 17.7 Å². The smallest absolute Gasteiger partial charge is 0.241 e. The minimum atomic E-state index is -0.231. The number of hydrogen-bond donors (Lipinski definition) is 1. The Morgan fingerprint density at radius 3 is 2.95 bits per heavy atom. The minimum Gasteiger partial charge on any atom is -0.325 e. The van der Waals surface area contributed by atoms with Crippen molar-refractivity contribution in [3.63, 3.8) is 0 Å². The van der Waals surface area contributed by atoms with Gasteiger partial charge in [0.2, 0.25) is 5.91 Å². The molecule has 1 N–H and O–H groups in total. The summed E-state index contributed by atoms with van der Waals surface area (Å²) < 4.78 is 0. The van der Waals surface area contributed by atoms with Crippen LogP contribution in [0.15, 0.2) is 30.3 Å². The van der Waals surface area contributed by atoms with E-state index in [4.69, 9.17) is 5.26 Å². The molecule has 0 aromatic heterocycles. The molecule has 4 nitrogen and oxygen atoms in total. The lowest BCUT2D eigenvalue weighted by Crippen LogP contribution is -2.46. The average molecular weight is 287 g/mol. The van der Waals surface area contributed by atoms with E-state index >= 15 is 0 Å². The molecule has 1 amide bonds. The topological polar surface area (TPSA) is 56.1 Å². The summed E-state index contributed by atoms with van der Waals surface area (Å²) in [5.74, 6) is 0.854. The molecule has 0 saturated carbocycles. The molecule has 2 heterocycles. The number of benzene rings is 1. The number of carbonyl (C=O) groups excluding carboxylic acids is 1. The van der Waals surface area contributed by atoms with Crippen LogP contribution in [0.4, 0.5) is 0 Å². The number of amides is 1. The van der Waals surface area contributed by atoms with Crippen LogP contribution in [-0.2, 0) is 4.79 Å². The zero-order valence-electron chi connectivity index (χ0n) is 11.2. The van der Waals surface area contributed by atoms with Gasteiger partial charge in [-0.25, -0.2) is 0 Å². The Bertz CT molecular complexity index is 528. The van der Waals surface area contributed by atoms with Crippen molar-refractivity contribution in [2.75, 3.05) is 12.3 Å². The lowest BCUT2D eigenvalue weighted by atomic mass is 10.2. The van der Waals surface area contributed by atoms with Crippen LogP contribution in [0.25, 0.3) is 0 Å². The van der Waals surface area contributed by atoms with Crippen LogP contribution in [0.1, 0.15) is 23.8 Å². The predicted molar refractivity (Wildman–Crippen MR) is 78.9 cm³/mol. The molecule has 0 aliphatic carbocycles. The highest BCUT2D eigenvalue weighted by Crippen LogP contribution is 2.33. The van der Waals surface area contributed by atoms with Crippen LogP contribution in [0.5, 0.6) is 0 Å². The molecule has 104 valence electrons. The van der Waals surface area contributed by atoms with Crippen molar-refractivity contribution in [2.24, 2.45) is 0 Å². The number of rotatable bonds is 2. The summed E-state index contributed by atoms with van der Waals surface area (Å²) in [4.78, 5) is 14.2. The molecule has 5 heteroatoms. The normalized spacial score (nSPS) is 29.4. The largest absolute Gasteiger partial charge is 0.325 e. The van der Waals surface area contributed by atoms with Crippen molar-refractivity contribution in [1.82, 2.24) is 10.2 Å². The number of nitriles is 1. The van der Waals surface area contributed by atoms with Gasteiger partial charge in [-0.15, -0.1) is 11.8 Å². The molecule has 0 spiro atoms. The second-order valence-electron chi connectivity index (χ2n) is 5.16. The van der Waals surface area contributed by atoms with Gasteiger partial charge in [0.05, 0.1) is 17.5 Å². The van der Waals surface area contributed by atoms with Gasteiger partial charge in [-0.2, -0.15) is 5.26 Å². The Labute approximate surface area is 123 Å². The maximum atomic E-state index is 12.5. The highest BCUT2D eigenvalue weighted by Gasteiger charge is 2.37. The summed E-state index contributed by atoms with van der Waals surface area (Å²) in [7, 11) is 0. The van der Waals surface area contributed by atoms with E-state index in [1.807, 2.05) is 18.2 Å². The first kappa shape index (κ1) is 13.5. The number of thioether (sulfide) groups is 1. The summed E-state index contributed by atoms with van der Waals surface area (Å²) in [6, 6.07) is 12.0. The van der Waals surface area contributed by atoms with Crippen molar-refractivity contribution in [1.29, 1.82) is 5.26 Å². The summed E-state index contributed by atoms with van der Waals surface area (Å²) in [5, 5.41) is 12.7. The van der Waals surface area contributed by atoms with Gasteiger partial charge in [-0.3, -0.25) is 10.1 Å². The number of hydrogen-bond acceptors (Lipinski definition) is 4. The summed E-state index contributed by atoms with van der Waals surface area (Å²) in [6.07, 6.45) is 1.75. The summed E-state index contributed by atoms with van der Waals surface area (Å²) >= 11 is 1.76. The van der Waals surface area contributed by atoms with Gasteiger partial charge < -0.3 is 4.90 Å². The van der Waals surface area contributed by atoms with Gasteiger partial charge in [0.15, 0.2) is 0 Å². The molecule has 2 saturated heterocycles. The fourth-order valence-corrected chi connectivity index (χ4v) is 4.03. The van der Waals surface area contributed by atoms with Crippen molar-refractivity contribution in [2.45, 2.75) is 30.3 Å². The first-order chi connectivity index (χ1) is 9.79. The van der Waals surface area contributed by atoms with E-state index in [9.17, 15) is 4.79 Å². The maximum Gasteiger partial charge on any atom is 0.241 e. The molecular weight excluding hydrogens is 270 g/mol. The molecule has 2 aliphatic heterocycles. The van der Waals surface area contributed by atoms with Crippen LogP contribution < -0.4 is 5.32 Å². The van der Waals surface area contributed by atoms with Gasteiger partial charge in [0.1, 0.15) is 6.04 Å². The first-order valence-electron chi connectivity index (χ1n) is 6.92. The summed E-state index contributed by atoms with van der Waals surface area (Å²) in [6.45, 7) is 0.718. The molecule has 20 heavy (non-hydrogen) atoms. The second kappa shape index (κ2) is 5.86. The molecule has 3 atom stereocenters. The Hall–Kier alpha value is -1.51. The molecular formula is C15H17N3OS. The van der Waals surface area contributed by atoms with Crippen molar-refractivity contribution < 1.29 is 4.79 Å². The fourth-order valence-electron chi connectivity index (χ4n) is 2.80. The molecule has 2 fully saturated rings. The molecule has 0 bridgehead atoms. The van der Waals surface area contributed by atoms with Crippen LogP contribution in [0.3, 0.4) is 0 Å². The van der Waals surface area contributed by atoms with Gasteiger partial charge in [0.25, 0.3) is 0 Å². The van der Waals surface area contributed by atoms with E-state index in [2.05, 4.69) is 23.5 Å². The number of carbonyl (C=O) groups is 1. The third kappa shape index (κ3) is 2.54. The third-order valence-corrected chi connectivity index (χ3v) is 5.13. The molecule has 2 aliphatic rings. The van der Waals surface area contributed by atoms with E-state index < -0.39 is 0 Å². The zero-order chi connectivity index (χ0) is 13.9. The molecule has 1 aromatic carbocycles. The maximum absolute atomic E-state index is 12.5. The van der Waals surface area contributed by atoms with Gasteiger partial charge in [-0.05, 0) is 18.4 Å². The number of nitrogens with one attached hydrogen (secondary N) is 1. The number of nitrogens with zero attached hydrogens (tertiary/aromatic N) is 2. The zero-order valence-corrected chi connectivity index (χ0v) is 12.0. The van der Waals surface area contributed by atoms with Gasteiger partial charge >= 0.3 is 0 Å². The van der Waals surface area contributed by atoms with E-state index in [1.54, 1.807) is 16.7 Å². The Kier molecular flexibility index (Phi) is 3.95. The first-order valence-corrected chi connectivity index (χ1v) is 7.97. The van der Waals surface area contributed by atoms with Crippen LogP contribution in [-0.4, -0.2) is 35.2 Å². The Balaban J connectivity index is 1.65. The summed E-state index contributed by atoms with van der Waals surface area (Å²) in [5.41, 5.74) is 1.20. The third-order valence-electron chi connectivity index (χ3n) is 3.87. The quantitative estimate of drug-likeness (QED) is 0.902. The Morgan fingerprint density at radius 1 is 1.40 bits per heavy atom. The lowest BCUT2D eigenvalue weighted by Gasteiger charge is -2.23. The second-order valence-corrected chi connectivity index (χ2v) is 6.30. The van der Waals surface area contributed by atoms with Crippen molar-refractivity contribution in [3.05, 3.63) is 35.9 Å². The fraction of sp³-hybridized carbons (Fsp3) is 0.467. The molecule has 0 radical (unpaired) electrons. The molecule has 1 unspecified atom stereocenters. The highest BCUT2D eigenvalue weighted by atomic mass is 32.2. The monoisotopic (exact) mass is 287 g/mol. The minimum absolute atomic E-state index is 0.0833. The van der Waals surface area contributed by atoms with Crippen LogP contribution in [0.2, 0.25) is 0 Å². The van der Waals surface area contributed by atoms with E-state index in [0.717, 1.165) is 25.1 Å². The van der Waals surface area contributed by atoms with Crippen molar-refractivity contribution in [3.8, 4) is 6.07 Å². The average Bonchev–Trinajstić information content (AvgIpc) is 3.16. The standard InChI is InChI=1S/C15H17N3OS/c16-9-12-7-4-8-18(12)15(19)13-10-20-14(17-13)11-5-2-1-3-6-11/h1-3,5-6,12-14,17H,4,7-8,10H2/t12-,13-,14?/m0/s1. The van der Waals surface area contributed by atoms with Crippen LogP contribution >= 0.6 is 11.8 Å².